The van der Waals surface area contributed by atoms with Crippen molar-refractivity contribution in [2.75, 3.05) is 21.3 Å². The highest BCUT2D eigenvalue weighted by Crippen LogP contribution is 2.40. The highest BCUT2D eigenvalue weighted by molar-refractivity contribution is 6.00. The van der Waals surface area contributed by atoms with Gasteiger partial charge in [0.25, 0.3) is 0 Å². The number of hydrogen-bond donors (Lipinski definition) is 0. The van der Waals surface area contributed by atoms with Crippen LogP contribution >= 0.6 is 0 Å². The van der Waals surface area contributed by atoms with Gasteiger partial charge in [-0.25, -0.2) is 9.18 Å². The minimum absolute atomic E-state index is 0.0000593. The van der Waals surface area contributed by atoms with Crippen LogP contribution in [-0.4, -0.2) is 33.1 Å². The number of ether oxygens (including phenoxy) is 4. The van der Waals surface area contributed by atoms with Crippen molar-refractivity contribution in [1.82, 2.24) is 0 Å². The first-order chi connectivity index (χ1) is 11.9. The van der Waals surface area contributed by atoms with E-state index in [0.29, 0.717) is 0 Å². The van der Waals surface area contributed by atoms with E-state index in [1.807, 2.05) is 0 Å². The molecular formula is C18H17FO6. The molecule has 0 aromatic heterocycles. The molecule has 0 N–H and O–H groups in total. The molecule has 0 fully saturated rings. The van der Waals surface area contributed by atoms with Crippen molar-refractivity contribution < 1.29 is 32.9 Å². The van der Waals surface area contributed by atoms with E-state index in [1.165, 1.54) is 52.5 Å². The second-order valence-electron chi connectivity index (χ2n) is 4.97. The van der Waals surface area contributed by atoms with Crippen LogP contribution in [0.5, 0.6) is 23.0 Å². The molecule has 0 bridgehead atoms. The van der Waals surface area contributed by atoms with Crippen molar-refractivity contribution in [2.45, 2.75) is 6.92 Å². The lowest BCUT2D eigenvalue weighted by atomic mass is 10.1. The molecule has 0 aliphatic heterocycles. The molecule has 0 aliphatic rings. The zero-order valence-electron chi connectivity index (χ0n) is 14.2. The first-order valence-electron chi connectivity index (χ1n) is 7.24. The van der Waals surface area contributed by atoms with Gasteiger partial charge in [0.05, 0.1) is 32.5 Å². The Labute approximate surface area is 144 Å². The predicted molar refractivity (Wildman–Crippen MR) is 87.5 cm³/mol. The number of ketones is 1. The number of hydrogen-bond acceptors (Lipinski definition) is 6. The van der Waals surface area contributed by atoms with Gasteiger partial charge in [-0.1, -0.05) is 0 Å². The molecule has 0 radical (unpaired) electrons. The molecule has 6 nitrogen and oxygen atoms in total. The summed E-state index contributed by atoms with van der Waals surface area (Å²) in [6.45, 7) is 1.33. The van der Waals surface area contributed by atoms with Crippen molar-refractivity contribution >= 4 is 11.8 Å². The molecule has 7 heteroatoms. The first-order valence-corrected chi connectivity index (χ1v) is 7.24. The highest BCUT2D eigenvalue weighted by atomic mass is 19.1. The van der Waals surface area contributed by atoms with Gasteiger partial charge >= 0.3 is 5.97 Å². The maximum Gasteiger partial charge on any atom is 0.343 e. The third kappa shape index (κ3) is 3.71. The van der Waals surface area contributed by atoms with Crippen molar-refractivity contribution in [2.24, 2.45) is 0 Å². The Morgan fingerprint density at radius 3 is 2.04 bits per heavy atom. The van der Waals surface area contributed by atoms with Gasteiger partial charge in [-0.15, -0.1) is 0 Å². The number of methoxy groups -OCH3 is 3. The number of benzene rings is 2. The van der Waals surface area contributed by atoms with E-state index < -0.39 is 11.8 Å². The van der Waals surface area contributed by atoms with Gasteiger partial charge in [0.15, 0.2) is 28.8 Å². The Bertz CT molecular complexity index is 815. The number of esters is 1. The van der Waals surface area contributed by atoms with E-state index in [0.717, 1.165) is 6.07 Å². The van der Waals surface area contributed by atoms with Crippen molar-refractivity contribution in [3.8, 4) is 23.0 Å². The van der Waals surface area contributed by atoms with Gasteiger partial charge in [0.1, 0.15) is 0 Å². The van der Waals surface area contributed by atoms with Crippen LogP contribution in [0.2, 0.25) is 0 Å². The van der Waals surface area contributed by atoms with Crippen LogP contribution in [0.3, 0.4) is 0 Å². The molecular weight excluding hydrogens is 331 g/mol. The predicted octanol–water partition coefficient (Wildman–Crippen LogP) is 3.27. The Morgan fingerprint density at radius 2 is 1.52 bits per heavy atom. The van der Waals surface area contributed by atoms with E-state index >= 15 is 0 Å². The van der Waals surface area contributed by atoms with Gasteiger partial charge in [-0.2, -0.15) is 0 Å². The van der Waals surface area contributed by atoms with Gasteiger partial charge in [-0.3, -0.25) is 4.79 Å². The Balaban J connectivity index is 2.46. The number of Topliss-reactive ketones (excluding diaryl/α,β-unsaturated/α-hetero) is 1. The summed E-state index contributed by atoms with van der Waals surface area (Å²) < 4.78 is 34.3. The molecule has 0 spiro atoms. The van der Waals surface area contributed by atoms with E-state index in [2.05, 4.69) is 0 Å². The fourth-order valence-corrected chi connectivity index (χ4v) is 2.22. The van der Waals surface area contributed by atoms with Gasteiger partial charge in [-0.05, 0) is 37.3 Å². The standard InChI is InChI=1S/C18H17FO6/c1-10(20)12-6-8-15(23-3)17(24-4)16(12)25-18(21)11-5-7-14(22-2)13(19)9-11/h5-9H,1-4H3. The minimum Gasteiger partial charge on any atom is -0.494 e. The molecule has 0 amide bonds. The Kier molecular flexibility index (Phi) is 5.59. The minimum atomic E-state index is -0.851. The lowest BCUT2D eigenvalue weighted by molar-refractivity contribution is 0.0726. The molecule has 2 aromatic rings. The van der Waals surface area contributed by atoms with Crippen LogP contribution in [0.1, 0.15) is 27.6 Å². The van der Waals surface area contributed by atoms with Gasteiger partial charge < -0.3 is 18.9 Å². The second-order valence-corrected chi connectivity index (χ2v) is 4.97. The molecule has 0 aliphatic carbocycles. The molecule has 0 saturated heterocycles. The molecule has 0 unspecified atom stereocenters. The molecule has 0 atom stereocenters. The summed E-state index contributed by atoms with van der Waals surface area (Å²) in [5, 5.41) is 0. The van der Waals surface area contributed by atoms with Crippen LogP contribution in [0.25, 0.3) is 0 Å². The normalized spacial score (nSPS) is 10.1. The maximum atomic E-state index is 13.8. The van der Waals surface area contributed by atoms with Gasteiger partial charge in [0.2, 0.25) is 5.75 Å². The SMILES string of the molecule is COc1ccc(C(=O)Oc2c(C(C)=O)ccc(OC)c2OC)cc1F. The molecule has 132 valence electrons. The van der Waals surface area contributed by atoms with Crippen LogP contribution in [0, 0.1) is 5.82 Å². The average molecular weight is 348 g/mol. The summed E-state index contributed by atoms with van der Waals surface area (Å²) in [7, 11) is 4.08. The molecule has 25 heavy (non-hydrogen) atoms. The van der Waals surface area contributed by atoms with Crippen LogP contribution in [0.4, 0.5) is 4.39 Å². The largest absolute Gasteiger partial charge is 0.494 e. The number of halogens is 1. The lowest BCUT2D eigenvalue weighted by Gasteiger charge is -2.15. The molecule has 2 rings (SSSR count). The van der Waals surface area contributed by atoms with Gasteiger partial charge in [0, 0.05) is 0 Å². The summed E-state index contributed by atoms with van der Waals surface area (Å²) in [6, 6.07) is 6.63. The summed E-state index contributed by atoms with van der Waals surface area (Å²) in [5.41, 5.74) is 0.0951. The lowest BCUT2D eigenvalue weighted by Crippen LogP contribution is -2.13. The zero-order valence-corrected chi connectivity index (χ0v) is 14.2. The summed E-state index contributed by atoms with van der Waals surface area (Å²) in [6.07, 6.45) is 0. The second kappa shape index (κ2) is 7.65. The smallest absolute Gasteiger partial charge is 0.343 e. The van der Waals surface area contributed by atoms with Crippen molar-refractivity contribution in [3.05, 3.63) is 47.3 Å². The van der Waals surface area contributed by atoms with Crippen LogP contribution in [0.15, 0.2) is 30.3 Å². The summed E-state index contributed by atoms with van der Waals surface area (Å²) >= 11 is 0. The van der Waals surface area contributed by atoms with E-state index in [1.54, 1.807) is 0 Å². The molecule has 0 saturated carbocycles. The van der Waals surface area contributed by atoms with E-state index in [-0.39, 0.29) is 39.9 Å². The zero-order chi connectivity index (χ0) is 18.6. The fourth-order valence-electron chi connectivity index (χ4n) is 2.22. The average Bonchev–Trinajstić information content (AvgIpc) is 2.60. The topological polar surface area (TPSA) is 71.1 Å². The fraction of sp³-hybridized carbons (Fsp3) is 0.222. The first kappa shape index (κ1) is 18.3. The van der Waals surface area contributed by atoms with E-state index in [9.17, 15) is 14.0 Å². The van der Waals surface area contributed by atoms with Crippen LogP contribution in [-0.2, 0) is 0 Å². The monoisotopic (exact) mass is 348 g/mol. The number of carbonyl (C=O) groups is 2. The summed E-state index contributed by atoms with van der Waals surface area (Å²) in [5.74, 6) is -1.59. The third-order valence-corrected chi connectivity index (χ3v) is 3.46. The van der Waals surface area contributed by atoms with Crippen molar-refractivity contribution in [1.29, 1.82) is 0 Å². The maximum absolute atomic E-state index is 13.8. The number of rotatable bonds is 6. The Hall–Kier alpha value is -3.09. The molecule has 2 aromatic carbocycles. The highest BCUT2D eigenvalue weighted by Gasteiger charge is 2.23. The quantitative estimate of drug-likeness (QED) is 0.453. The number of carbonyl (C=O) groups excluding carboxylic acids is 2. The van der Waals surface area contributed by atoms with Crippen molar-refractivity contribution in [3.63, 3.8) is 0 Å². The summed E-state index contributed by atoms with van der Waals surface area (Å²) in [4.78, 5) is 24.2. The third-order valence-electron chi connectivity index (χ3n) is 3.46. The molecule has 0 heterocycles. The Morgan fingerprint density at radius 1 is 0.880 bits per heavy atom. The van der Waals surface area contributed by atoms with E-state index in [4.69, 9.17) is 18.9 Å². The van der Waals surface area contributed by atoms with Crippen LogP contribution < -0.4 is 18.9 Å².